The molecule has 20 heavy (non-hydrogen) atoms. The number of hydrogen-bond donors (Lipinski definition) is 0. The van der Waals surface area contributed by atoms with Gasteiger partial charge in [0.15, 0.2) is 11.6 Å². The van der Waals surface area contributed by atoms with Crippen molar-refractivity contribution < 1.29 is 8.78 Å². The van der Waals surface area contributed by atoms with Crippen LogP contribution >= 0.6 is 11.6 Å². The molecular weight excluding hydrogens is 288 g/mol. The van der Waals surface area contributed by atoms with Gasteiger partial charge in [0.25, 0.3) is 0 Å². The molecule has 0 bridgehead atoms. The zero-order valence-corrected chi connectivity index (χ0v) is 11.1. The Labute approximate surface area is 117 Å². The van der Waals surface area contributed by atoms with Crippen LogP contribution < -0.4 is 0 Å². The highest BCUT2D eigenvalue weighted by atomic mass is 35.5. The summed E-state index contributed by atoms with van der Waals surface area (Å²) in [5.41, 5.74) is 0.513. The number of aryl methyl sites for hydroxylation is 2. The Balaban J connectivity index is 2.05. The third kappa shape index (κ3) is 2.14. The van der Waals surface area contributed by atoms with Gasteiger partial charge in [-0.1, -0.05) is 5.21 Å². The summed E-state index contributed by atoms with van der Waals surface area (Å²) in [5, 5.41) is 7.51. The van der Waals surface area contributed by atoms with Gasteiger partial charge < -0.3 is 4.57 Å². The second-order valence-corrected chi connectivity index (χ2v) is 4.48. The Morgan fingerprint density at radius 1 is 1.20 bits per heavy atom. The van der Waals surface area contributed by atoms with Gasteiger partial charge in [-0.25, -0.2) is 13.8 Å². The minimum Gasteiger partial charge on any atom is -0.323 e. The average Bonchev–Trinajstić information content (AvgIpc) is 3.07. The molecule has 0 aliphatic carbocycles. The van der Waals surface area contributed by atoms with Gasteiger partial charge in [-0.15, -0.1) is 16.7 Å². The first kappa shape index (κ1) is 13.0. The van der Waals surface area contributed by atoms with Crippen LogP contribution in [0, 0.1) is 11.6 Å². The number of halogens is 3. The molecule has 3 aromatic rings. The monoisotopic (exact) mass is 297 g/mol. The number of benzene rings is 1. The van der Waals surface area contributed by atoms with Gasteiger partial charge in [-0.05, 0) is 12.1 Å². The molecule has 104 valence electrons. The summed E-state index contributed by atoms with van der Waals surface area (Å²) in [6, 6.07) is 2.50. The molecule has 0 amide bonds. The quantitative estimate of drug-likeness (QED) is 0.695. The highest BCUT2D eigenvalue weighted by Crippen LogP contribution is 2.22. The molecule has 1 aromatic carbocycles. The van der Waals surface area contributed by atoms with Crippen molar-refractivity contribution in [2.24, 2.45) is 0 Å². The molecule has 0 atom stereocenters. The lowest BCUT2D eigenvalue weighted by atomic mass is 10.3. The molecule has 0 N–H and O–H groups in total. The van der Waals surface area contributed by atoms with Gasteiger partial charge in [0.05, 0.1) is 24.1 Å². The van der Waals surface area contributed by atoms with E-state index in [1.165, 1.54) is 6.07 Å². The second-order valence-electron chi connectivity index (χ2n) is 4.21. The van der Waals surface area contributed by atoms with E-state index in [0.29, 0.717) is 24.4 Å². The molecule has 2 heterocycles. The lowest BCUT2D eigenvalue weighted by Crippen LogP contribution is -2.11. The highest BCUT2D eigenvalue weighted by molar-refractivity contribution is 6.16. The van der Waals surface area contributed by atoms with Gasteiger partial charge in [0.2, 0.25) is 0 Å². The molecule has 0 saturated carbocycles. The minimum absolute atomic E-state index is 0.118. The number of fused-ring (bicyclic) bond motifs is 1. The number of nitrogens with zero attached hydrogens (tertiary/aromatic N) is 5. The zero-order valence-electron chi connectivity index (χ0n) is 10.3. The molecule has 0 aliphatic heterocycles. The molecule has 0 fully saturated rings. The molecule has 0 unspecified atom stereocenters. The van der Waals surface area contributed by atoms with Crippen molar-refractivity contribution in [3.8, 4) is 0 Å². The van der Waals surface area contributed by atoms with Gasteiger partial charge in [-0.3, -0.25) is 4.68 Å². The average molecular weight is 298 g/mol. The maximum Gasteiger partial charge on any atom is 0.184 e. The predicted octanol–water partition coefficient (Wildman–Crippen LogP) is 2.34. The van der Waals surface area contributed by atoms with E-state index in [1.54, 1.807) is 21.6 Å². The number of hydrogen-bond acceptors (Lipinski definition) is 3. The molecule has 5 nitrogen and oxygen atoms in total. The van der Waals surface area contributed by atoms with Crippen LogP contribution in [0.25, 0.3) is 11.0 Å². The van der Waals surface area contributed by atoms with Crippen LogP contribution in [-0.2, 0) is 19.0 Å². The van der Waals surface area contributed by atoms with Crippen molar-refractivity contribution in [1.29, 1.82) is 0 Å². The molecule has 0 aliphatic rings. The smallest absolute Gasteiger partial charge is 0.184 e. The topological polar surface area (TPSA) is 48.5 Å². The van der Waals surface area contributed by atoms with Crippen molar-refractivity contribution in [1.82, 2.24) is 24.5 Å². The summed E-state index contributed by atoms with van der Waals surface area (Å²) in [6.07, 6.45) is 3.24. The van der Waals surface area contributed by atoms with E-state index in [1.807, 2.05) is 0 Å². The van der Waals surface area contributed by atoms with Crippen LogP contribution in [0.3, 0.4) is 0 Å². The summed E-state index contributed by atoms with van der Waals surface area (Å²) < 4.78 is 30.5. The van der Waals surface area contributed by atoms with Crippen LogP contribution in [-0.4, -0.2) is 24.5 Å². The van der Waals surface area contributed by atoms with Crippen molar-refractivity contribution in [3.05, 3.63) is 42.0 Å². The standard InChI is InChI=1S/C12H10ClF2N5/c13-7-10-17-9-2-1-8(14)11(15)12(9)20(10)6-5-19-4-3-16-18-19/h1-4H,5-7H2. The summed E-state index contributed by atoms with van der Waals surface area (Å²) in [4.78, 5) is 4.21. The Kier molecular flexibility index (Phi) is 3.35. The molecular formula is C12H10ClF2N5. The maximum absolute atomic E-state index is 14.0. The molecule has 3 rings (SSSR count). The Bertz CT molecular complexity index is 738. The van der Waals surface area contributed by atoms with Crippen molar-refractivity contribution in [3.63, 3.8) is 0 Å². The van der Waals surface area contributed by atoms with Crippen molar-refractivity contribution in [2.75, 3.05) is 0 Å². The first-order valence-corrected chi connectivity index (χ1v) is 6.47. The Hall–Kier alpha value is -2.02. The first-order valence-electron chi connectivity index (χ1n) is 5.94. The van der Waals surface area contributed by atoms with Gasteiger partial charge in [0.1, 0.15) is 11.3 Å². The summed E-state index contributed by atoms with van der Waals surface area (Å²) >= 11 is 5.82. The molecule has 0 saturated heterocycles. The largest absolute Gasteiger partial charge is 0.323 e. The fourth-order valence-electron chi connectivity index (χ4n) is 2.10. The van der Waals surface area contributed by atoms with E-state index in [2.05, 4.69) is 15.3 Å². The first-order chi connectivity index (χ1) is 9.70. The van der Waals surface area contributed by atoms with E-state index in [-0.39, 0.29) is 11.4 Å². The number of alkyl halides is 1. The van der Waals surface area contributed by atoms with Crippen LogP contribution in [0.15, 0.2) is 24.5 Å². The zero-order chi connectivity index (χ0) is 14.1. The molecule has 0 radical (unpaired) electrons. The summed E-state index contributed by atoms with van der Waals surface area (Å²) in [7, 11) is 0. The lowest BCUT2D eigenvalue weighted by molar-refractivity contribution is 0.495. The van der Waals surface area contributed by atoms with Crippen LogP contribution in [0.5, 0.6) is 0 Å². The summed E-state index contributed by atoms with van der Waals surface area (Å²) in [5.74, 6) is -1.20. The lowest BCUT2D eigenvalue weighted by Gasteiger charge is -2.08. The maximum atomic E-state index is 14.0. The number of imidazole rings is 1. The Morgan fingerprint density at radius 3 is 2.75 bits per heavy atom. The number of aromatic nitrogens is 5. The van der Waals surface area contributed by atoms with E-state index in [0.717, 1.165) is 6.07 Å². The number of rotatable bonds is 4. The van der Waals surface area contributed by atoms with Gasteiger partial charge >= 0.3 is 0 Å². The van der Waals surface area contributed by atoms with E-state index < -0.39 is 11.6 Å². The summed E-state index contributed by atoms with van der Waals surface area (Å²) in [6.45, 7) is 0.841. The Morgan fingerprint density at radius 2 is 2.05 bits per heavy atom. The second kappa shape index (κ2) is 5.16. The van der Waals surface area contributed by atoms with Gasteiger partial charge in [-0.2, -0.15) is 0 Å². The highest BCUT2D eigenvalue weighted by Gasteiger charge is 2.16. The van der Waals surface area contributed by atoms with Crippen LogP contribution in [0.2, 0.25) is 0 Å². The normalized spacial score (nSPS) is 11.3. The SMILES string of the molecule is Fc1ccc2nc(CCl)n(CCn3ccnn3)c2c1F. The van der Waals surface area contributed by atoms with Crippen molar-refractivity contribution in [2.45, 2.75) is 19.0 Å². The van der Waals surface area contributed by atoms with E-state index in [9.17, 15) is 8.78 Å². The third-order valence-corrected chi connectivity index (χ3v) is 3.26. The molecule has 0 spiro atoms. The van der Waals surface area contributed by atoms with E-state index in [4.69, 9.17) is 11.6 Å². The van der Waals surface area contributed by atoms with Gasteiger partial charge in [0, 0.05) is 12.7 Å². The minimum atomic E-state index is -0.912. The predicted molar refractivity (Wildman–Crippen MR) is 69.2 cm³/mol. The van der Waals surface area contributed by atoms with Crippen LogP contribution in [0.1, 0.15) is 5.82 Å². The fourth-order valence-corrected chi connectivity index (χ4v) is 2.31. The molecule has 8 heteroatoms. The van der Waals surface area contributed by atoms with Crippen LogP contribution in [0.4, 0.5) is 8.78 Å². The van der Waals surface area contributed by atoms with Crippen molar-refractivity contribution >= 4 is 22.6 Å². The van der Waals surface area contributed by atoms with E-state index >= 15 is 0 Å². The third-order valence-electron chi connectivity index (χ3n) is 3.02. The fraction of sp³-hybridized carbons (Fsp3) is 0.250. The molecule has 2 aromatic heterocycles.